The predicted octanol–water partition coefficient (Wildman–Crippen LogP) is 16.2. The Labute approximate surface area is 570 Å². The minimum atomic E-state index is -1.79. The van der Waals surface area contributed by atoms with E-state index in [0.717, 1.165) is 109 Å². The number of rotatable bonds is 60. The van der Waals surface area contributed by atoms with Crippen LogP contribution in [0.2, 0.25) is 0 Å². The Balaban J connectivity index is 1.62. The number of aliphatic hydroxyl groups is 8. The van der Waals surface area contributed by atoms with Gasteiger partial charge in [0, 0.05) is 6.42 Å². The molecule has 2 aliphatic heterocycles. The van der Waals surface area contributed by atoms with Crippen LogP contribution in [0.1, 0.15) is 271 Å². The lowest BCUT2D eigenvalue weighted by atomic mass is 9.97. The molecule has 14 heteroatoms. The van der Waals surface area contributed by atoms with E-state index in [9.17, 15) is 45.6 Å². The number of hydrogen-bond donors (Lipinski definition) is 9. The molecule has 14 nitrogen and oxygen atoms in total. The van der Waals surface area contributed by atoms with E-state index in [1.807, 2.05) is 6.08 Å². The molecule has 0 aromatic heterocycles. The molecule has 2 aliphatic rings. The number of nitrogens with one attached hydrogen (secondary N) is 1. The standard InChI is InChI=1S/C80H135NO13/c1-3-5-7-9-11-13-15-17-19-21-23-24-25-26-27-28-29-30-31-32-33-34-35-36-37-38-39-40-41-42-43-44-46-48-50-52-54-56-58-60-62-64-72(85)81-68(69(84)63-61-59-57-55-53-51-49-47-45-22-20-18-16-14-12-10-8-6-4-2)67-91-79-77(90)75(88)78(71(66-83)93-79)94-80-76(89)74(87)73(86)70(65-82)92-80/h5,7,11,13,17,19,23-24,26-27,29-30,32-33,35-36,38-39,41-42,61,63,68-71,73-80,82-84,86-90H,3-4,6,8-10,12,14-16,18,20-22,25,28,31,34,37,40,43-60,62,64-67H2,1-2H3,(H,81,85)/b7-5-,13-11-,19-17-,24-23-,27-26-,30-29-,33-32-,36-35-,39-38-,42-41-,63-61+. The molecule has 0 aliphatic carbocycles. The van der Waals surface area contributed by atoms with Crippen LogP contribution in [-0.2, 0) is 23.7 Å². The number of aliphatic hydroxyl groups excluding tert-OH is 8. The molecule has 0 spiro atoms. The first-order valence-corrected chi connectivity index (χ1v) is 37.4. The molecule has 2 fully saturated rings. The number of allylic oxidation sites excluding steroid dienone is 21. The van der Waals surface area contributed by atoms with Crippen molar-refractivity contribution in [3.63, 3.8) is 0 Å². The monoisotopic (exact) mass is 1320 g/mol. The molecule has 2 saturated heterocycles. The Morgan fingerprint density at radius 1 is 0.394 bits per heavy atom. The minimum absolute atomic E-state index is 0.247. The largest absolute Gasteiger partial charge is 0.394 e. The van der Waals surface area contributed by atoms with Gasteiger partial charge in [-0.2, -0.15) is 0 Å². The Morgan fingerprint density at radius 3 is 1.13 bits per heavy atom. The predicted molar refractivity (Wildman–Crippen MR) is 387 cm³/mol. The summed E-state index contributed by atoms with van der Waals surface area (Å²) in [6.07, 6.45) is 76.5. The summed E-state index contributed by atoms with van der Waals surface area (Å²) in [7, 11) is 0. The van der Waals surface area contributed by atoms with Crippen LogP contribution >= 0.6 is 0 Å². The summed E-state index contributed by atoms with van der Waals surface area (Å²) in [4.78, 5) is 13.3. The molecule has 0 aromatic rings. The highest BCUT2D eigenvalue weighted by atomic mass is 16.7. The summed E-state index contributed by atoms with van der Waals surface area (Å²) in [5.41, 5.74) is 0. The zero-order chi connectivity index (χ0) is 68.0. The van der Waals surface area contributed by atoms with Crippen LogP contribution in [0.25, 0.3) is 0 Å². The fourth-order valence-corrected chi connectivity index (χ4v) is 11.4. The summed E-state index contributed by atoms with van der Waals surface area (Å²) in [5.74, 6) is -0.247. The molecule has 1 amide bonds. The molecule has 9 N–H and O–H groups in total. The number of unbranched alkanes of at least 4 members (excludes halogenated alkanes) is 27. The molecule has 0 aromatic carbocycles. The van der Waals surface area contributed by atoms with Crippen LogP contribution in [-0.4, -0.2) is 140 Å². The maximum Gasteiger partial charge on any atom is 0.220 e. The maximum atomic E-state index is 13.3. The molecule has 2 heterocycles. The van der Waals surface area contributed by atoms with E-state index in [1.54, 1.807) is 6.08 Å². The first-order valence-electron chi connectivity index (χ1n) is 37.4. The van der Waals surface area contributed by atoms with Gasteiger partial charge in [0.25, 0.3) is 0 Å². The van der Waals surface area contributed by atoms with Crippen molar-refractivity contribution >= 4 is 5.91 Å². The number of hydrogen-bond acceptors (Lipinski definition) is 13. The third-order valence-electron chi connectivity index (χ3n) is 17.3. The molecule has 12 unspecified atom stereocenters. The topological polar surface area (TPSA) is 228 Å². The van der Waals surface area contributed by atoms with E-state index in [0.29, 0.717) is 6.42 Å². The maximum absolute atomic E-state index is 13.3. The van der Waals surface area contributed by atoms with E-state index in [1.165, 1.54) is 135 Å². The molecule has 12 atom stereocenters. The average molecular weight is 1320 g/mol. The van der Waals surface area contributed by atoms with Gasteiger partial charge in [-0.05, 0) is 96.3 Å². The highest BCUT2D eigenvalue weighted by Gasteiger charge is 2.51. The molecule has 2 rings (SSSR count). The average Bonchev–Trinajstić information content (AvgIpc) is 0.794. The van der Waals surface area contributed by atoms with Gasteiger partial charge < -0.3 is 65.1 Å². The highest BCUT2D eigenvalue weighted by Crippen LogP contribution is 2.30. The van der Waals surface area contributed by atoms with Gasteiger partial charge in [-0.3, -0.25) is 4.79 Å². The zero-order valence-corrected chi connectivity index (χ0v) is 58.7. The Morgan fingerprint density at radius 2 is 0.734 bits per heavy atom. The molecule has 0 bridgehead atoms. The summed E-state index contributed by atoms with van der Waals surface area (Å²) in [5, 5.41) is 87.5. The van der Waals surface area contributed by atoms with Gasteiger partial charge in [0.1, 0.15) is 48.8 Å². The van der Waals surface area contributed by atoms with Gasteiger partial charge in [0.2, 0.25) is 5.91 Å². The molecular weight excluding hydrogens is 1180 g/mol. The number of ether oxygens (including phenoxy) is 4. The van der Waals surface area contributed by atoms with E-state index < -0.39 is 86.8 Å². The third-order valence-corrected chi connectivity index (χ3v) is 17.3. The van der Waals surface area contributed by atoms with Gasteiger partial charge in [0.05, 0.1) is 32.0 Å². The molecule has 538 valence electrons. The fourth-order valence-electron chi connectivity index (χ4n) is 11.4. The normalized spacial score (nSPS) is 23.3. The summed E-state index contributed by atoms with van der Waals surface area (Å²) in [6, 6.07) is -0.926. The first kappa shape index (κ1) is 86.2. The summed E-state index contributed by atoms with van der Waals surface area (Å²) in [6.45, 7) is 2.69. The second kappa shape index (κ2) is 62.6. The lowest BCUT2D eigenvalue weighted by molar-refractivity contribution is -0.359. The number of carbonyl (C=O) groups excluding carboxylic acids is 1. The first-order chi connectivity index (χ1) is 46.1. The van der Waals surface area contributed by atoms with Gasteiger partial charge >= 0.3 is 0 Å². The second-order valence-electron chi connectivity index (χ2n) is 25.7. The quantitative estimate of drug-likeness (QED) is 0.0204. The smallest absolute Gasteiger partial charge is 0.220 e. The van der Waals surface area contributed by atoms with E-state index in [4.69, 9.17) is 18.9 Å². The van der Waals surface area contributed by atoms with Gasteiger partial charge in [-0.15, -0.1) is 0 Å². The van der Waals surface area contributed by atoms with E-state index in [-0.39, 0.29) is 18.9 Å². The van der Waals surface area contributed by atoms with E-state index in [2.05, 4.69) is 141 Å². The highest BCUT2D eigenvalue weighted by molar-refractivity contribution is 5.76. The lowest BCUT2D eigenvalue weighted by Gasteiger charge is -2.46. The number of carbonyl (C=O) groups is 1. The van der Waals surface area contributed by atoms with Crippen molar-refractivity contribution in [2.45, 2.75) is 344 Å². The van der Waals surface area contributed by atoms with Crippen molar-refractivity contribution in [2.24, 2.45) is 0 Å². The van der Waals surface area contributed by atoms with Crippen LogP contribution in [0.15, 0.2) is 134 Å². The number of amides is 1. The van der Waals surface area contributed by atoms with Crippen LogP contribution in [0, 0.1) is 0 Å². The van der Waals surface area contributed by atoms with Gasteiger partial charge in [-0.25, -0.2) is 0 Å². The van der Waals surface area contributed by atoms with Crippen LogP contribution in [0.5, 0.6) is 0 Å². The van der Waals surface area contributed by atoms with Crippen molar-refractivity contribution in [3.05, 3.63) is 134 Å². The van der Waals surface area contributed by atoms with Crippen molar-refractivity contribution < 1.29 is 64.6 Å². The SMILES string of the molecule is CC/C=C\C/C=C\C/C=C\C/C=C\C/C=C\C/C=C\C/C=C\C/C=C\C/C=C\C/C=C\CCCCCCCCCCCCC(=O)NC(COC1OC(CO)C(OC2OC(CO)C(O)C(O)C2O)C(O)C1O)C(O)/C=C/CCCCCCCCCCCCCCCCCCC. The lowest BCUT2D eigenvalue weighted by Crippen LogP contribution is -2.65. The van der Waals surface area contributed by atoms with Crippen molar-refractivity contribution in [1.29, 1.82) is 0 Å². The minimum Gasteiger partial charge on any atom is -0.394 e. The third kappa shape index (κ3) is 45.6. The summed E-state index contributed by atoms with van der Waals surface area (Å²) < 4.78 is 22.9. The second-order valence-corrected chi connectivity index (χ2v) is 25.7. The van der Waals surface area contributed by atoms with Gasteiger partial charge in [-0.1, -0.05) is 302 Å². The Bertz CT molecular complexity index is 2090. The van der Waals surface area contributed by atoms with Crippen molar-refractivity contribution in [2.75, 3.05) is 19.8 Å². The Kier molecular flexibility index (Phi) is 57.4. The zero-order valence-electron chi connectivity index (χ0n) is 58.7. The molecule has 0 radical (unpaired) electrons. The summed E-state index contributed by atoms with van der Waals surface area (Å²) >= 11 is 0. The molecule has 0 saturated carbocycles. The molecule has 94 heavy (non-hydrogen) atoms. The van der Waals surface area contributed by atoms with Crippen molar-refractivity contribution in [1.82, 2.24) is 5.32 Å². The van der Waals surface area contributed by atoms with Crippen LogP contribution < -0.4 is 5.32 Å². The van der Waals surface area contributed by atoms with Crippen LogP contribution in [0.4, 0.5) is 0 Å². The Hall–Kier alpha value is -3.87. The van der Waals surface area contributed by atoms with Crippen molar-refractivity contribution in [3.8, 4) is 0 Å². The van der Waals surface area contributed by atoms with E-state index >= 15 is 0 Å². The fraction of sp³-hybridized carbons (Fsp3) is 0.713. The van der Waals surface area contributed by atoms with Crippen LogP contribution in [0.3, 0.4) is 0 Å². The molecular formula is C80H135NO13. The van der Waals surface area contributed by atoms with Gasteiger partial charge in [0.15, 0.2) is 12.6 Å².